The van der Waals surface area contributed by atoms with Crippen LogP contribution in [0.25, 0.3) is 11.3 Å². The van der Waals surface area contributed by atoms with E-state index in [1.165, 1.54) is 0 Å². The Bertz CT molecular complexity index is 451. The Balaban J connectivity index is 2.37. The first kappa shape index (κ1) is 9.52. The average molecular weight is 200 g/mol. The zero-order valence-electron chi connectivity index (χ0n) is 8.47. The Morgan fingerprint density at radius 2 is 1.80 bits per heavy atom. The van der Waals surface area contributed by atoms with Gasteiger partial charge in [-0.25, -0.2) is 4.98 Å². The lowest BCUT2D eigenvalue weighted by molar-refractivity contribution is 0.415. The van der Waals surface area contributed by atoms with E-state index in [1.807, 2.05) is 36.4 Å². The maximum atomic E-state index is 5.62. The Morgan fingerprint density at radius 1 is 1.07 bits per heavy atom. The van der Waals surface area contributed by atoms with Gasteiger partial charge in [0.2, 0.25) is 0 Å². The molecular weight excluding hydrogens is 188 g/mol. The van der Waals surface area contributed by atoms with E-state index < -0.39 is 0 Å². The molecule has 76 valence electrons. The molecule has 0 saturated carbocycles. The van der Waals surface area contributed by atoms with E-state index in [4.69, 9.17) is 10.5 Å². The van der Waals surface area contributed by atoms with Crippen LogP contribution in [0.5, 0.6) is 5.75 Å². The highest BCUT2D eigenvalue weighted by Crippen LogP contribution is 2.20. The minimum atomic E-state index is 0.531. The van der Waals surface area contributed by atoms with Gasteiger partial charge >= 0.3 is 0 Å². The standard InChI is InChI=1S/C12H12N2O/c1-15-10-7-5-9(6-8-10)11-3-2-4-12(13)14-11/h2-8H,1H3,(H2,13,14). The van der Waals surface area contributed by atoms with Gasteiger partial charge in [-0.2, -0.15) is 0 Å². The predicted octanol–water partition coefficient (Wildman–Crippen LogP) is 2.34. The summed E-state index contributed by atoms with van der Waals surface area (Å²) >= 11 is 0. The number of methoxy groups -OCH3 is 1. The van der Waals surface area contributed by atoms with Crippen LogP contribution in [0.4, 0.5) is 5.82 Å². The molecule has 2 N–H and O–H groups in total. The summed E-state index contributed by atoms with van der Waals surface area (Å²) in [7, 11) is 1.65. The quantitative estimate of drug-likeness (QED) is 0.809. The normalized spacial score (nSPS) is 9.93. The summed E-state index contributed by atoms with van der Waals surface area (Å²) in [4.78, 5) is 4.24. The third-order valence-corrected chi connectivity index (χ3v) is 2.16. The van der Waals surface area contributed by atoms with Gasteiger partial charge in [0.25, 0.3) is 0 Å². The maximum Gasteiger partial charge on any atom is 0.124 e. The molecule has 1 aromatic heterocycles. The van der Waals surface area contributed by atoms with Crippen molar-refractivity contribution in [3.63, 3.8) is 0 Å². The molecule has 0 saturated heterocycles. The summed E-state index contributed by atoms with van der Waals surface area (Å²) in [6.45, 7) is 0. The van der Waals surface area contributed by atoms with Crippen LogP contribution in [0.2, 0.25) is 0 Å². The number of aromatic nitrogens is 1. The number of nitrogens with zero attached hydrogens (tertiary/aromatic N) is 1. The number of nitrogen functional groups attached to an aromatic ring is 1. The lowest BCUT2D eigenvalue weighted by Crippen LogP contribution is -1.91. The van der Waals surface area contributed by atoms with Gasteiger partial charge in [0.05, 0.1) is 12.8 Å². The second-order valence-corrected chi connectivity index (χ2v) is 3.18. The van der Waals surface area contributed by atoms with Gasteiger partial charge in [-0.05, 0) is 36.4 Å². The van der Waals surface area contributed by atoms with Crippen molar-refractivity contribution in [1.29, 1.82) is 0 Å². The highest BCUT2D eigenvalue weighted by molar-refractivity contribution is 5.61. The molecule has 0 aliphatic heterocycles. The van der Waals surface area contributed by atoms with E-state index in [-0.39, 0.29) is 0 Å². The van der Waals surface area contributed by atoms with Crippen molar-refractivity contribution in [3.8, 4) is 17.0 Å². The molecular formula is C12H12N2O. The molecule has 3 heteroatoms. The highest BCUT2D eigenvalue weighted by Gasteiger charge is 1.99. The smallest absolute Gasteiger partial charge is 0.124 e. The van der Waals surface area contributed by atoms with Gasteiger partial charge in [-0.3, -0.25) is 0 Å². The Morgan fingerprint density at radius 3 is 2.40 bits per heavy atom. The van der Waals surface area contributed by atoms with E-state index in [0.29, 0.717) is 5.82 Å². The minimum absolute atomic E-state index is 0.531. The van der Waals surface area contributed by atoms with Crippen LogP contribution in [0.15, 0.2) is 42.5 Å². The third kappa shape index (κ3) is 2.07. The first-order valence-corrected chi connectivity index (χ1v) is 4.66. The highest BCUT2D eigenvalue weighted by atomic mass is 16.5. The van der Waals surface area contributed by atoms with E-state index in [0.717, 1.165) is 17.0 Å². The van der Waals surface area contributed by atoms with Gasteiger partial charge in [0.1, 0.15) is 11.6 Å². The first-order valence-electron chi connectivity index (χ1n) is 4.66. The fourth-order valence-corrected chi connectivity index (χ4v) is 1.37. The van der Waals surface area contributed by atoms with Crippen LogP contribution >= 0.6 is 0 Å². The fourth-order valence-electron chi connectivity index (χ4n) is 1.37. The molecule has 3 nitrogen and oxygen atoms in total. The monoisotopic (exact) mass is 200 g/mol. The molecule has 0 unspecified atom stereocenters. The van der Waals surface area contributed by atoms with Crippen molar-refractivity contribution in [2.24, 2.45) is 0 Å². The second kappa shape index (κ2) is 4.00. The van der Waals surface area contributed by atoms with E-state index in [2.05, 4.69) is 4.98 Å². The van der Waals surface area contributed by atoms with Gasteiger partial charge in [0, 0.05) is 5.56 Å². The molecule has 2 aromatic rings. The van der Waals surface area contributed by atoms with E-state index in [1.54, 1.807) is 13.2 Å². The molecule has 0 radical (unpaired) electrons. The molecule has 0 bridgehead atoms. The zero-order valence-corrected chi connectivity index (χ0v) is 8.47. The van der Waals surface area contributed by atoms with Crippen molar-refractivity contribution in [2.75, 3.05) is 12.8 Å². The number of pyridine rings is 1. The first-order chi connectivity index (χ1) is 7.29. The van der Waals surface area contributed by atoms with Crippen LogP contribution in [-0.4, -0.2) is 12.1 Å². The number of anilines is 1. The lowest BCUT2D eigenvalue weighted by atomic mass is 10.1. The summed E-state index contributed by atoms with van der Waals surface area (Å²) in [6.07, 6.45) is 0. The number of rotatable bonds is 2. The van der Waals surface area contributed by atoms with Crippen molar-refractivity contribution < 1.29 is 4.74 Å². The summed E-state index contributed by atoms with van der Waals surface area (Å²) < 4.78 is 5.08. The van der Waals surface area contributed by atoms with Crippen molar-refractivity contribution in [3.05, 3.63) is 42.5 Å². The number of hydrogen-bond acceptors (Lipinski definition) is 3. The second-order valence-electron chi connectivity index (χ2n) is 3.18. The van der Waals surface area contributed by atoms with E-state index >= 15 is 0 Å². The Labute approximate surface area is 88.5 Å². The summed E-state index contributed by atoms with van der Waals surface area (Å²) in [6, 6.07) is 13.3. The minimum Gasteiger partial charge on any atom is -0.497 e. The molecule has 2 rings (SSSR count). The molecule has 0 aliphatic rings. The van der Waals surface area contributed by atoms with Crippen LogP contribution in [0, 0.1) is 0 Å². The maximum absolute atomic E-state index is 5.62. The summed E-state index contributed by atoms with van der Waals surface area (Å²) in [5, 5.41) is 0. The largest absolute Gasteiger partial charge is 0.497 e. The van der Waals surface area contributed by atoms with Crippen LogP contribution in [0.3, 0.4) is 0 Å². The van der Waals surface area contributed by atoms with Gasteiger partial charge in [-0.1, -0.05) is 6.07 Å². The van der Waals surface area contributed by atoms with Crippen molar-refractivity contribution in [2.45, 2.75) is 0 Å². The molecule has 1 aromatic carbocycles. The predicted molar refractivity (Wildman–Crippen MR) is 60.6 cm³/mol. The SMILES string of the molecule is COc1ccc(-c2cccc(N)n2)cc1. The van der Waals surface area contributed by atoms with Crippen molar-refractivity contribution in [1.82, 2.24) is 4.98 Å². The van der Waals surface area contributed by atoms with Gasteiger partial charge in [0.15, 0.2) is 0 Å². The summed E-state index contributed by atoms with van der Waals surface area (Å²) in [5.41, 5.74) is 7.52. The molecule has 0 amide bonds. The average Bonchev–Trinajstić information content (AvgIpc) is 2.29. The van der Waals surface area contributed by atoms with Crippen LogP contribution < -0.4 is 10.5 Å². The number of nitrogens with two attached hydrogens (primary N) is 1. The topological polar surface area (TPSA) is 48.1 Å². The lowest BCUT2D eigenvalue weighted by Gasteiger charge is -2.03. The molecule has 1 heterocycles. The number of benzene rings is 1. The molecule has 0 atom stereocenters. The van der Waals surface area contributed by atoms with Crippen LogP contribution in [-0.2, 0) is 0 Å². The third-order valence-electron chi connectivity index (χ3n) is 2.16. The Hall–Kier alpha value is -2.03. The number of ether oxygens (including phenoxy) is 1. The zero-order chi connectivity index (χ0) is 10.7. The Kier molecular flexibility index (Phi) is 2.54. The van der Waals surface area contributed by atoms with Gasteiger partial charge in [-0.15, -0.1) is 0 Å². The molecule has 0 spiro atoms. The summed E-state index contributed by atoms with van der Waals surface area (Å²) in [5.74, 6) is 1.37. The van der Waals surface area contributed by atoms with Gasteiger partial charge < -0.3 is 10.5 Å². The van der Waals surface area contributed by atoms with E-state index in [9.17, 15) is 0 Å². The fraction of sp³-hybridized carbons (Fsp3) is 0.0833. The van der Waals surface area contributed by atoms with Crippen molar-refractivity contribution >= 4 is 5.82 Å². The number of hydrogen-bond donors (Lipinski definition) is 1. The van der Waals surface area contributed by atoms with Crippen LogP contribution in [0.1, 0.15) is 0 Å². The molecule has 15 heavy (non-hydrogen) atoms. The molecule has 0 fully saturated rings. The molecule has 0 aliphatic carbocycles.